The molecule has 1 saturated heterocycles. The van der Waals surface area contributed by atoms with Crippen molar-refractivity contribution in [3.05, 3.63) is 34.9 Å². The summed E-state index contributed by atoms with van der Waals surface area (Å²) in [6, 6.07) is 8.08. The van der Waals surface area contributed by atoms with Crippen molar-refractivity contribution in [1.82, 2.24) is 10.2 Å². The largest absolute Gasteiger partial charge is 0.350 e. The smallest absolute Gasteiger partial charge is 0.239 e. The molecular weight excluding hydrogens is 274 g/mol. The van der Waals surface area contributed by atoms with E-state index in [1.807, 2.05) is 24.3 Å². The Hall–Kier alpha value is -1.10. The molecule has 110 valence electrons. The third-order valence-electron chi connectivity index (χ3n) is 3.51. The molecule has 0 aromatic heterocycles. The lowest BCUT2D eigenvalue weighted by Gasteiger charge is -2.22. The number of likely N-dealkylation sites (tertiary alicyclic amines) is 1. The van der Waals surface area contributed by atoms with E-state index in [1.54, 1.807) is 13.8 Å². The van der Waals surface area contributed by atoms with Crippen molar-refractivity contribution in [3.8, 4) is 0 Å². The molecule has 5 heteroatoms. The second-order valence-corrected chi connectivity index (χ2v) is 6.48. The molecule has 0 spiro atoms. The third-order valence-corrected chi connectivity index (χ3v) is 3.76. The van der Waals surface area contributed by atoms with Crippen LogP contribution in [0.5, 0.6) is 0 Å². The zero-order valence-electron chi connectivity index (χ0n) is 12.0. The Bertz CT molecular complexity index is 467. The van der Waals surface area contributed by atoms with E-state index in [0.29, 0.717) is 0 Å². The molecule has 1 heterocycles. The lowest BCUT2D eigenvalue weighted by atomic mass is 10.1. The highest BCUT2D eigenvalue weighted by molar-refractivity contribution is 6.30. The molecule has 0 bridgehead atoms. The molecule has 3 N–H and O–H groups in total. The van der Waals surface area contributed by atoms with Crippen LogP contribution in [0.2, 0.25) is 5.02 Å². The van der Waals surface area contributed by atoms with E-state index >= 15 is 0 Å². The SMILES string of the molecule is CC(C)(N)C(=O)NC1CCN(Cc2ccc(Cl)cc2)C1. The fourth-order valence-corrected chi connectivity index (χ4v) is 2.44. The van der Waals surface area contributed by atoms with Crippen LogP contribution >= 0.6 is 11.6 Å². The van der Waals surface area contributed by atoms with Crippen LogP contribution in [-0.4, -0.2) is 35.5 Å². The van der Waals surface area contributed by atoms with Crippen molar-refractivity contribution in [2.75, 3.05) is 13.1 Å². The van der Waals surface area contributed by atoms with Gasteiger partial charge in [0.25, 0.3) is 0 Å². The number of carbonyl (C=O) groups is 1. The minimum absolute atomic E-state index is 0.0872. The van der Waals surface area contributed by atoms with E-state index in [0.717, 1.165) is 31.1 Å². The molecular formula is C15H22ClN3O. The Balaban J connectivity index is 1.83. The standard InChI is InChI=1S/C15H22ClN3O/c1-15(2,17)14(20)18-13-7-8-19(10-13)9-11-3-5-12(16)6-4-11/h3-6,13H,7-10,17H2,1-2H3,(H,18,20). The maximum atomic E-state index is 11.9. The maximum absolute atomic E-state index is 11.9. The number of halogens is 1. The fraction of sp³-hybridized carbons (Fsp3) is 0.533. The van der Waals surface area contributed by atoms with Crippen LogP contribution in [0.3, 0.4) is 0 Å². The summed E-state index contributed by atoms with van der Waals surface area (Å²) in [7, 11) is 0. The predicted molar refractivity (Wildman–Crippen MR) is 81.5 cm³/mol. The summed E-state index contributed by atoms with van der Waals surface area (Å²) in [4.78, 5) is 14.2. The summed E-state index contributed by atoms with van der Waals surface area (Å²) in [5.74, 6) is -0.0872. The summed E-state index contributed by atoms with van der Waals surface area (Å²) in [6.07, 6.45) is 0.968. The van der Waals surface area contributed by atoms with Crippen LogP contribution < -0.4 is 11.1 Å². The first-order valence-electron chi connectivity index (χ1n) is 6.91. The number of hydrogen-bond acceptors (Lipinski definition) is 3. The van der Waals surface area contributed by atoms with Crippen LogP contribution in [-0.2, 0) is 11.3 Å². The van der Waals surface area contributed by atoms with Gasteiger partial charge in [0, 0.05) is 30.7 Å². The van der Waals surface area contributed by atoms with Gasteiger partial charge in [-0.3, -0.25) is 9.69 Å². The number of carbonyl (C=O) groups excluding carboxylic acids is 1. The average Bonchev–Trinajstić information content (AvgIpc) is 2.78. The molecule has 1 unspecified atom stereocenters. The molecule has 0 saturated carbocycles. The first kappa shape index (κ1) is 15.3. The Morgan fingerprint density at radius 3 is 2.70 bits per heavy atom. The van der Waals surface area contributed by atoms with Gasteiger partial charge < -0.3 is 11.1 Å². The van der Waals surface area contributed by atoms with E-state index < -0.39 is 5.54 Å². The zero-order chi connectivity index (χ0) is 14.8. The van der Waals surface area contributed by atoms with E-state index in [1.165, 1.54) is 5.56 Å². The van der Waals surface area contributed by atoms with E-state index in [4.69, 9.17) is 17.3 Å². The molecule has 1 aliphatic rings. The van der Waals surface area contributed by atoms with Crippen LogP contribution in [0.25, 0.3) is 0 Å². The van der Waals surface area contributed by atoms with E-state index in [9.17, 15) is 4.79 Å². The van der Waals surface area contributed by atoms with Gasteiger partial charge in [-0.2, -0.15) is 0 Å². The quantitative estimate of drug-likeness (QED) is 0.890. The van der Waals surface area contributed by atoms with Gasteiger partial charge in [-0.1, -0.05) is 23.7 Å². The molecule has 1 amide bonds. The Morgan fingerprint density at radius 2 is 2.10 bits per heavy atom. The highest BCUT2D eigenvalue weighted by atomic mass is 35.5. The van der Waals surface area contributed by atoms with E-state index in [-0.39, 0.29) is 11.9 Å². The van der Waals surface area contributed by atoms with Crippen molar-refractivity contribution in [3.63, 3.8) is 0 Å². The summed E-state index contributed by atoms with van der Waals surface area (Å²) >= 11 is 5.88. The number of hydrogen-bond donors (Lipinski definition) is 2. The minimum atomic E-state index is -0.816. The van der Waals surface area contributed by atoms with Crippen LogP contribution in [0.15, 0.2) is 24.3 Å². The Morgan fingerprint density at radius 1 is 1.45 bits per heavy atom. The van der Waals surface area contributed by atoms with Crippen molar-refractivity contribution in [2.24, 2.45) is 5.73 Å². The Kier molecular flexibility index (Phi) is 4.68. The highest BCUT2D eigenvalue weighted by Crippen LogP contribution is 2.16. The van der Waals surface area contributed by atoms with Gasteiger partial charge in [-0.25, -0.2) is 0 Å². The first-order chi connectivity index (χ1) is 9.34. The minimum Gasteiger partial charge on any atom is -0.350 e. The summed E-state index contributed by atoms with van der Waals surface area (Å²) in [5.41, 5.74) is 6.21. The fourth-order valence-electron chi connectivity index (χ4n) is 2.31. The average molecular weight is 296 g/mol. The van der Waals surface area contributed by atoms with E-state index in [2.05, 4.69) is 10.2 Å². The van der Waals surface area contributed by atoms with Crippen LogP contribution in [0.1, 0.15) is 25.8 Å². The van der Waals surface area contributed by atoms with Gasteiger partial charge in [-0.15, -0.1) is 0 Å². The summed E-state index contributed by atoms with van der Waals surface area (Å²) in [6.45, 7) is 6.18. The second-order valence-electron chi connectivity index (χ2n) is 6.04. The molecule has 0 aliphatic carbocycles. The van der Waals surface area contributed by atoms with Gasteiger partial charge in [0.1, 0.15) is 0 Å². The number of benzene rings is 1. The zero-order valence-corrected chi connectivity index (χ0v) is 12.8. The highest BCUT2D eigenvalue weighted by Gasteiger charge is 2.28. The molecule has 0 radical (unpaired) electrons. The number of nitrogens with two attached hydrogens (primary N) is 1. The molecule has 20 heavy (non-hydrogen) atoms. The lowest BCUT2D eigenvalue weighted by Crippen LogP contribution is -2.52. The molecule has 1 aromatic rings. The number of amides is 1. The maximum Gasteiger partial charge on any atom is 0.239 e. The van der Waals surface area contributed by atoms with Crippen molar-refractivity contribution in [1.29, 1.82) is 0 Å². The van der Waals surface area contributed by atoms with Crippen molar-refractivity contribution in [2.45, 2.75) is 38.4 Å². The monoisotopic (exact) mass is 295 g/mol. The van der Waals surface area contributed by atoms with Crippen LogP contribution in [0, 0.1) is 0 Å². The molecule has 1 aromatic carbocycles. The molecule has 1 aliphatic heterocycles. The first-order valence-corrected chi connectivity index (χ1v) is 7.29. The van der Waals surface area contributed by atoms with Crippen molar-refractivity contribution < 1.29 is 4.79 Å². The summed E-state index contributed by atoms with van der Waals surface area (Å²) in [5, 5.41) is 3.77. The van der Waals surface area contributed by atoms with Crippen molar-refractivity contribution >= 4 is 17.5 Å². The van der Waals surface area contributed by atoms with Gasteiger partial charge in [-0.05, 0) is 38.0 Å². The van der Waals surface area contributed by atoms with Crippen LogP contribution in [0.4, 0.5) is 0 Å². The van der Waals surface area contributed by atoms with Gasteiger partial charge >= 0.3 is 0 Å². The number of nitrogens with zero attached hydrogens (tertiary/aromatic N) is 1. The normalized spacial score (nSPS) is 20.1. The van der Waals surface area contributed by atoms with Gasteiger partial charge in [0.05, 0.1) is 5.54 Å². The number of rotatable bonds is 4. The number of nitrogens with one attached hydrogen (secondary N) is 1. The molecule has 1 fully saturated rings. The lowest BCUT2D eigenvalue weighted by molar-refractivity contribution is -0.125. The predicted octanol–water partition coefficient (Wildman–Crippen LogP) is 1.77. The van der Waals surface area contributed by atoms with Gasteiger partial charge in [0.2, 0.25) is 5.91 Å². The topological polar surface area (TPSA) is 58.4 Å². The summed E-state index contributed by atoms with van der Waals surface area (Å²) < 4.78 is 0. The molecule has 4 nitrogen and oxygen atoms in total. The third kappa shape index (κ3) is 4.20. The second kappa shape index (κ2) is 6.12. The van der Waals surface area contributed by atoms with Gasteiger partial charge in [0.15, 0.2) is 0 Å². The molecule has 1 atom stereocenters. The Labute approximate surface area is 125 Å². The molecule has 2 rings (SSSR count).